The van der Waals surface area contributed by atoms with Crippen LogP contribution in [0.5, 0.6) is 0 Å². The van der Waals surface area contributed by atoms with Crippen molar-refractivity contribution in [2.45, 2.75) is 31.8 Å². The fourth-order valence-corrected chi connectivity index (χ4v) is 3.95. The van der Waals surface area contributed by atoms with E-state index in [-0.39, 0.29) is 41.5 Å². The van der Waals surface area contributed by atoms with Gasteiger partial charge in [-0.05, 0) is 67.8 Å². The Morgan fingerprint density at radius 3 is 2.38 bits per heavy atom. The van der Waals surface area contributed by atoms with Gasteiger partial charge in [-0.15, -0.1) is 0 Å². The molecule has 0 aliphatic carbocycles. The monoisotopic (exact) mass is 572 g/mol. The Hall–Kier alpha value is -5.73. The molecule has 0 bridgehead atoms. The first-order chi connectivity index (χ1) is 20.2. The molecule has 15 heteroatoms. The van der Waals surface area contributed by atoms with Gasteiger partial charge in [0.15, 0.2) is 11.2 Å². The minimum atomic E-state index is -1.15. The molecule has 0 unspecified atom stereocenters. The van der Waals surface area contributed by atoms with E-state index < -0.39 is 23.5 Å². The molecule has 4 rings (SSSR count). The summed E-state index contributed by atoms with van der Waals surface area (Å²) in [7, 11) is 0. The van der Waals surface area contributed by atoms with Gasteiger partial charge in [0.2, 0.25) is 5.95 Å². The number of rotatable bonds is 13. The second-order valence-corrected chi connectivity index (χ2v) is 9.19. The molecular weight excluding hydrogens is 544 g/mol. The Bertz CT molecular complexity index is 1660. The molecule has 0 aliphatic rings. The van der Waals surface area contributed by atoms with Gasteiger partial charge >= 0.3 is 5.97 Å². The number of nitrogen functional groups attached to an aromatic ring is 1. The van der Waals surface area contributed by atoms with E-state index in [9.17, 15) is 24.3 Å². The number of aromatic nitrogens is 4. The summed E-state index contributed by atoms with van der Waals surface area (Å²) in [5.74, 6) is -2.01. The van der Waals surface area contributed by atoms with Gasteiger partial charge in [0.05, 0.1) is 24.1 Å². The van der Waals surface area contributed by atoms with Crippen LogP contribution in [-0.2, 0) is 11.3 Å². The fourth-order valence-electron chi connectivity index (χ4n) is 3.95. The summed E-state index contributed by atoms with van der Waals surface area (Å²) in [5.41, 5.74) is 14.5. The van der Waals surface area contributed by atoms with E-state index in [2.05, 4.69) is 41.0 Å². The predicted octanol–water partition coefficient (Wildman–Crippen LogP) is 2.35. The molecule has 2 heterocycles. The average molecular weight is 573 g/mol. The molecule has 0 saturated carbocycles. The Kier molecular flexibility index (Phi) is 9.45. The number of unbranched alkanes of at least 4 members (excludes halogenated alkanes) is 1. The summed E-state index contributed by atoms with van der Waals surface area (Å²) in [6.45, 7) is 0.583. The third kappa shape index (κ3) is 7.68. The number of carboxylic acid groups (broad SMARTS) is 1. The molecule has 0 fully saturated rings. The number of carboxylic acids is 1. The summed E-state index contributed by atoms with van der Waals surface area (Å²) in [6, 6.07) is 11.6. The number of nitrogens with two attached hydrogens (primary N) is 1. The van der Waals surface area contributed by atoms with Gasteiger partial charge in [0.25, 0.3) is 17.4 Å². The van der Waals surface area contributed by atoms with Crippen LogP contribution in [0.25, 0.3) is 11.2 Å². The standard InChI is InChI=1S/C27H28N10O5/c28-27-35-22-21(25(40)36-27)33-19(14-32-22)13-31-17-8-4-16(5-9-17)24(39)34-20(26(41)42)3-1-2-12-30-23(38)15-6-10-18(37-29)11-7-15/h4-11,14,20,29,31H,1-3,12-13H2,(H,30,38)(H,34,39)(H,41,42)(H3,28,32,35,36,40)/t20-/m0/s1. The highest BCUT2D eigenvalue weighted by molar-refractivity contribution is 5.97. The van der Waals surface area contributed by atoms with E-state index in [0.29, 0.717) is 42.0 Å². The predicted molar refractivity (Wildman–Crippen MR) is 152 cm³/mol. The number of hydrogen-bond donors (Lipinski definition) is 7. The van der Waals surface area contributed by atoms with E-state index >= 15 is 0 Å². The van der Waals surface area contributed by atoms with Crippen molar-refractivity contribution in [3.05, 3.63) is 81.9 Å². The number of carbonyl (C=O) groups excluding carboxylic acids is 2. The molecule has 42 heavy (non-hydrogen) atoms. The summed E-state index contributed by atoms with van der Waals surface area (Å²) in [5, 5.41) is 21.3. The first-order valence-electron chi connectivity index (χ1n) is 12.9. The minimum absolute atomic E-state index is 0.0468. The van der Waals surface area contributed by atoms with Crippen molar-refractivity contribution in [3.8, 4) is 0 Å². The number of nitrogens with zero attached hydrogens (tertiary/aromatic N) is 4. The first kappa shape index (κ1) is 29.3. The van der Waals surface area contributed by atoms with Crippen molar-refractivity contribution >= 4 is 46.3 Å². The lowest BCUT2D eigenvalue weighted by atomic mass is 10.1. The SMILES string of the molecule is N=Nc1ccc(C(=O)NCCCC[C@H](NC(=O)c2ccc(NCc3cnc4nc(N)[nH]c(=O)c4n3)cc2)C(=O)O)cc1. The molecule has 2 amide bonds. The molecule has 2 aromatic carbocycles. The third-order valence-electron chi connectivity index (χ3n) is 6.17. The number of aromatic amines is 1. The Balaban J connectivity index is 1.23. The number of benzene rings is 2. The number of anilines is 2. The summed E-state index contributed by atoms with van der Waals surface area (Å²) in [6.07, 6.45) is 2.64. The van der Waals surface area contributed by atoms with Crippen LogP contribution in [0.2, 0.25) is 0 Å². The van der Waals surface area contributed by atoms with E-state index in [1.54, 1.807) is 48.5 Å². The first-order valence-corrected chi connectivity index (χ1v) is 12.9. The highest BCUT2D eigenvalue weighted by Crippen LogP contribution is 2.14. The topological polar surface area (TPSA) is 241 Å². The maximum absolute atomic E-state index is 12.7. The molecule has 216 valence electrons. The molecule has 0 aliphatic heterocycles. The minimum Gasteiger partial charge on any atom is -0.480 e. The molecule has 0 spiro atoms. The van der Waals surface area contributed by atoms with Crippen LogP contribution in [0.3, 0.4) is 0 Å². The van der Waals surface area contributed by atoms with Crippen molar-refractivity contribution in [1.29, 1.82) is 5.53 Å². The van der Waals surface area contributed by atoms with Crippen molar-refractivity contribution in [2.24, 2.45) is 5.11 Å². The second kappa shape index (κ2) is 13.6. The van der Waals surface area contributed by atoms with Crippen molar-refractivity contribution in [1.82, 2.24) is 30.6 Å². The molecular formula is C27H28N10O5. The number of fused-ring (bicyclic) bond motifs is 1. The number of amides is 2. The van der Waals surface area contributed by atoms with Crippen molar-refractivity contribution in [3.63, 3.8) is 0 Å². The molecule has 15 nitrogen and oxygen atoms in total. The summed E-state index contributed by atoms with van der Waals surface area (Å²) < 4.78 is 0. The number of carbonyl (C=O) groups is 3. The molecule has 0 radical (unpaired) electrons. The van der Waals surface area contributed by atoms with Crippen LogP contribution in [0.15, 0.2) is 64.6 Å². The van der Waals surface area contributed by atoms with Crippen LogP contribution in [0.1, 0.15) is 45.7 Å². The molecule has 4 aromatic rings. The van der Waals surface area contributed by atoms with Crippen LogP contribution in [-0.4, -0.2) is 55.4 Å². The van der Waals surface area contributed by atoms with E-state index in [0.717, 1.165) is 0 Å². The smallest absolute Gasteiger partial charge is 0.326 e. The summed E-state index contributed by atoms with van der Waals surface area (Å²) >= 11 is 0. The fraction of sp³-hybridized carbons (Fsp3) is 0.222. The van der Waals surface area contributed by atoms with Gasteiger partial charge < -0.3 is 26.8 Å². The molecule has 1 atom stereocenters. The lowest BCUT2D eigenvalue weighted by Gasteiger charge is -2.15. The van der Waals surface area contributed by atoms with E-state index in [1.165, 1.54) is 6.20 Å². The number of H-pyrrole nitrogens is 1. The van der Waals surface area contributed by atoms with Gasteiger partial charge in [0, 0.05) is 23.4 Å². The average Bonchev–Trinajstić information content (AvgIpc) is 2.99. The Morgan fingerprint density at radius 2 is 1.69 bits per heavy atom. The number of aliphatic carboxylic acids is 1. The lowest BCUT2D eigenvalue weighted by molar-refractivity contribution is -0.139. The van der Waals surface area contributed by atoms with Gasteiger partial charge in [-0.2, -0.15) is 10.1 Å². The van der Waals surface area contributed by atoms with Gasteiger partial charge in [-0.3, -0.25) is 19.4 Å². The zero-order chi connectivity index (χ0) is 30.1. The molecule has 0 saturated heterocycles. The quantitative estimate of drug-likeness (QED) is 0.0910. The third-order valence-corrected chi connectivity index (χ3v) is 6.17. The lowest BCUT2D eigenvalue weighted by Crippen LogP contribution is -2.40. The van der Waals surface area contributed by atoms with Crippen LogP contribution >= 0.6 is 0 Å². The van der Waals surface area contributed by atoms with Gasteiger partial charge in [0.1, 0.15) is 6.04 Å². The normalized spacial score (nSPS) is 11.4. The highest BCUT2D eigenvalue weighted by Gasteiger charge is 2.20. The molecule has 2 aromatic heterocycles. The van der Waals surface area contributed by atoms with Gasteiger partial charge in [-0.25, -0.2) is 20.3 Å². The van der Waals surface area contributed by atoms with E-state index in [4.69, 9.17) is 11.3 Å². The Morgan fingerprint density at radius 1 is 1.00 bits per heavy atom. The van der Waals surface area contributed by atoms with E-state index in [1.807, 2.05) is 0 Å². The zero-order valence-corrected chi connectivity index (χ0v) is 22.3. The zero-order valence-electron chi connectivity index (χ0n) is 22.3. The number of hydrogen-bond acceptors (Lipinski definition) is 11. The van der Waals surface area contributed by atoms with Crippen LogP contribution in [0, 0.1) is 5.53 Å². The maximum Gasteiger partial charge on any atom is 0.326 e. The van der Waals surface area contributed by atoms with Crippen LogP contribution in [0.4, 0.5) is 17.3 Å². The van der Waals surface area contributed by atoms with Crippen molar-refractivity contribution < 1.29 is 19.5 Å². The van der Waals surface area contributed by atoms with Crippen molar-refractivity contribution in [2.75, 3.05) is 17.6 Å². The summed E-state index contributed by atoms with van der Waals surface area (Å²) in [4.78, 5) is 63.3. The van der Waals surface area contributed by atoms with Crippen LogP contribution < -0.4 is 27.2 Å². The van der Waals surface area contributed by atoms with Gasteiger partial charge in [-0.1, -0.05) is 0 Å². The number of nitrogens with one attached hydrogen (secondary N) is 5. The largest absolute Gasteiger partial charge is 0.480 e. The maximum atomic E-state index is 12.7. The highest BCUT2D eigenvalue weighted by atomic mass is 16.4. The molecule has 8 N–H and O–H groups in total. The Labute approximate surface area is 238 Å². The second-order valence-electron chi connectivity index (χ2n) is 9.19.